The number of rotatable bonds is 7. The van der Waals surface area contributed by atoms with Crippen LogP contribution in [0.5, 0.6) is 0 Å². The summed E-state index contributed by atoms with van der Waals surface area (Å²) in [5, 5.41) is 17.2. The van der Waals surface area contributed by atoms with Gasteiger partial charge < -0.3 is 9.52 Å². The quantitative estimate of drug-likeness (QED) is 0.782. The second kappa shape index (κ2) is 6.12. The zero-order valence-electron chi connectivity index (χ0n) is 10.4. The molecule has 5 heteroatoms. The standard InChI is InChI=1S/C12H21N3O2/c1-2-6-15(7-8-16)9-11-13-14-12(17-11)10-4-3-5-10/h10,16H,2-9H2,1H3. The van der Waals surface area contributed by atoms with Crippen molar-refractivity contribution < 1.29 is 9.52 Å². The van der Waals surface area contributed by atoms with Gasteiger partial charge in [-0.2, -0.15) is 0 Å². The average Bonchev–Trinajstić information content (AvgIpc) is 2.64. The molecule has 1 aliphatic carbocycles. The second-order valence-electron chi connectivity index (χ2n) is 4.66. The minimum absolute atomic E-state index is 0.170. The maximum absolute atomic E-state index is 8.97. The van der Waals surface area contributed by atoms with Crippen LogP contribution in [-0.4, -0.2) is 39.9 Å². The fourth-order valence-corrected chi connectivity index (χ4v) is 2.07. The van der Waals surface area contributed by atoms with Crippen LogP contribution < -0.4 is 0 Å². The number of nitrogens with zero attached hydrogens (tertiary/aromatic N) is 3. The fourth-order valence-electron chi connectivity index (χ4n) is 2.07. The Balaban J connectivity index is 1.89. The molecule has 0 spiro atoms. The van der Waals surface area contributed by atoms with Crippen molar-refractivity contribution in [2.45, 2.75) is 45.1 Å². The normalized spacial score (nSPS) is 16.4. The van der Waals surface area contributed by atoms with E-state index in [-0.39, 0.29) is 6.61 Å². The Morgan fingerprint density at radius 1 is 1.35 bits per heavy atom. The molecular formula is C12H21N3O2. The third-order valence-corrected chi connectivity index (χ3v) is 3.25. The molecule has 2 rings (SSSR count). The summed E-state index contributed by atoms with van der Waals surface area (Å²) in [7, 11) is 0. The molecule has 1 aromatic rings. The van der Waals surface area contributed by atoms with Gasteiger partial charge in [-0.1, -0.05) is 13.3 Å². The topological polar surface area (TPSA) is 62.4 Å². The molecule has 0 atom stereocenters. The minimum Gasteiger partial charge on any atom is -0.424 e. The first-order chi connectivity index (χ1) is 8.33. The van der Waals surface area contributed by atoms with Gasteiger partial charge in [0.15, 0.2) is 0 Å². The molecule has 0 aliphatic heterocycles. The Hall–Kier alpha value is -0.940. The smallest absolute Gasteiger partial charge is 0.230 e. The van der Waals surface area contributed by atoms with E-state index in [1.54, 1.807) is 0 Å². The number of aliphatic hydroxyl groups excluding tert-OH is 1. The SMILES string of the molecule is CCCN(CCO)Cc1nnc(C2CCC2)o1. The molecule has 1 saturated carbocycles. The zero-order valence-corrected chi connectivity index (χ0v) is 10.4. The van der Waals surface area contributed by atoms with E-state index < -0.39 is 0 Å². The summed E-state index contributed by atoms with van der Waals surface area (Å²) in [6.45, 7) is 4.55. The molecule has 5 nitrogen and oxygen atoms in total. The Kier molecular flexibility index (Phi) is 4.50. The Bertz CT molecular complexity index is 330. The lowest BCUT2D eigenvalue weighted by molar-refractivity contribution is 0.176. The number of hydrogen-bond acceptors (Lipinski definition) is 5. The van der Waals surface area contributed by atoms with Crippen LogP contribution in [0.4, 0.5) is 0 Å². The molecule has 1 heterocycles. The monoisotopic (exact) mass is 239 g/mol. The summed E-state index contributed by atoms with van der Waals surface area (Å²) in [6, 6.07) is 0. The molecular weight excluding hydrogens is 218 g/mol. The van der Waals surface area contributed by atoms with E-state index in [9.17, 15) is 0 Å². The third kappa shape index (κ3) is 3.26. The van der Waals surface area contributed by atoms with E-state index >= 15 is 0 Å². The molecule has 0 saturated heterocycles. The fraction of sp³-hybridized carbons (Fsp3) is 0.833. The van der Waals surface area contributed by atoms with Gasteiger partial charge >= 0.3 is 0 Å². The first-order valence-electron chi connectivity index (χ1n) is 6.49. The first-order valence-corrected chi connectivity index (χ1v) is 6.49. The van der Waals surface area contributed by atoms with Gasteiger partial charge in [0.05, 0.1) is 13.2 Å². The van der Waals surface area contributed by atoms with Gasteiger partial charge in [0.1, 0.15) is 0 Å². The van der Waals surface area contributed by atoms with Crippen molar-refractivity contribution in [3.8, 4) is 0 Å². The summed E-state index contributed by atoms with van der Waals surface area (Å²) >= 11 is 0. The molecule has 1 N–H and O–H groups in total. The summed E-state index contributed by atoms with van der Waals surface area (Å²) in [5.41, 5.74) is 0. The molecule has 1 aromatic heterocycles. The molecule has 0 aromatic carbocycles. The van der Waals surface area contributed by atoms with Crippen LogP contribution in [-0.2, 0) is 6.54 Å². The van der Waals surface area contributed by atoms with Gasteiger partial charge in [-0.05, 0) is 25.8 Å². The van der Waals surface area contributed by atoms with Gasteiger partial charge in [-0.15, -0.1) is 10.2 Å². The summed E-state index contributed by atoms with van der Waals surface area (Å²) < 4.78 is 5.67. The van der Waals surface area contributed by atoms with Crippen molar-refractivity contribution in [2.24, 2.45) is 0 Å². The van der Waals surface area contributed by atoms with Crippen LogP contribution in [0.3, 0.4) is 0 Å². The van der Waals surface area contributed by atoms with E-state index in [0.29, 0.717) is 24.9 Å². The highest BCUT2D eigenvalue weighted by Gasteiger charge is 2.25. The van der Waals surface area contributed by atoms with Crippen molar-refractivity contribution in [3.63, 3.8) is 0 Å². The number of aliphatic hydroxyl groups is 1. The second-order valence-corrected chi connectivity index (χ2v) is 4.66. The molecule has 0 bridgehead atoms. The van der Waals surface area contributed by atoms with Crippen LogP contribution in [0.15, 0.2) is 4.42 Å². The number of hydrogen-bond donors (Lipinski definition) is 1. The lowest BCUT2D eigenvalue weighted by atomic mass is 9.85. The summed E-state index contributed by atoms with van der Waals surface area (Å²) in [4.78, 5) is 2.14. The van der Waals surface area contributed by atoms with Crippen molar-refractivity contribution in [1.82, 2.24) is 15.1 Å². The largest absolute Gasteiger partial charge is 0.424 e. The zero-order chi connectivity index (χ0) is 12.1. The molecule has 1 fully saturated rings. The maximum atomic E-state index is 8.97. The summed E-state index contributed by atoms with van der Waals surface area (Å²) in [6.07, 6.45) is 4.69. The van der Waals surface area contributed by atoms with Crippen LogP contribution in [0.2, 0.25) is 0 Å². The number of aromatic nitrogens is 2. The summed E-state index contributed by atoms with van der Waals surface area (Å²) in [5.74, 6) is 1.97. The average molecular weight is 239 g/mol. The Morgan fingerprint density at radius 3 is 2.76 bits per heavy atom. The highest BCUT2D eigenvalue weighted by atomic mass is 16.4. The van der Waals surface area contributed by atoms with Gasteiger partial charge in [-0.25, -0.2) is 0 Å². The van der Waals surface area contributed by atoms with Crippen LogP contribution in [0.1, 0.15) is 50.3 Å². The van der Waals surface area contributed by atoms with E-state index in [0.717, 1.165) is 18.9 Å². The van der Waals surface area contributed by atoms with Gasteiger partial charge in [0, 0.05) is 12.5 Å². The Morgan fingerprint density at radius 2 is 2.18 bits per heavy atom. The van der Waals surface area contributed by atoms with Gasteiger partial charge in [0.2, 0.25) is 11.8 Å². The molecule has 96 valence electrons. The lowest BCUT2D eigenvalue weighted by Crippen LogP contribution is -2.27. The first kappa shape index (κ1) is 12.5. The maximum Gasteiger partial charge on any atom is 0.230 e. The Labute approximate surface area is 102 Å². The predicted octanol–water partition coefficient (Wildman–Crippen LogP) is 1.54. The highest BCUT2D eigenvalue weighted by Crippen LogP contribution is 2.35. The van der Waals surface area contributed by atoms with Crippen LogP contribution >= 0.6 is 0 Å². The highest BCUT2D eigenvalue weighted by molar-refractivity contribution is 4.96. The van der Waals surface area contributed by atoms with E-state index in [4.69, 9.17) is 9.52 Å². The third-order valence-electron chi connectivity index (χ3n) is 3.25. The molecule has 1 aliphatic rings. The van der Waals surface area contributed by atoms with Gasteiger partial charge in [0.25, 0.3) is 0 Å². The van der Waals surface area contributed by atoms with E-state index in [1.807, 2.05) is 0 Å². The van der Waals surface area contributed by atoms with Crippen molar-refractivity contribution >= 4 is 0 Å². The van der Waals surface area contributed by atoms with E-state index in [1.165, 1.54) is 19.3 Å². The molecule has 0 radical (unpaired) electrons. The van der Waals surface area contributed by atoms with Crippen LogP contribution in [0.25, 0.3) is 0 Å². The van der Waals surface area contributed by atoms with Crippen molar-refractivity contribution in [1.29, 1.82) is 0 Å². The van der Waals surface area contributed by atoms with Crippen molar-refractivity contribution in [2.75, 3.05) is 19.7 Å². The van der Waals surface area contributed by atoms with Crippen LogP contribution in [0, 0.1) is 0 Å². The van der Waals surface area contributed by atoms with Crippen molar-refractivity contribution in [3.05, 3.63) is 11.8 Å². The van der Waals surface area contributed by atoms with E-state index in [2.05, 4.69) is 22.0 Å². The molecule has 0 amide bonds. The lowest BCUT2D eigenvalue weighted by Gasteiger charge is -2.21. The predicted molar refractivity (Wildman–Crippen MR) is 63.5 cm³/mol. The minimum atomic E-state index is 0.170. The molecule has 17 heavy (non-hydrogen) atoms. The van der Waals surface area contributed by atoms with Gasteiger partial charge in [-0.3, -0.25) is 4.90 Å². The molecule has 0 unspecified atom stereocenters.